The molecule has 0 spiro atoms. The fourth-order valence-electron chi connectivity index (χ4n) is 1.97. The second-order valence-electron chi connectivity index (χ2n) is 4.77. The van der Waals surface area contributed by atoms with Crippen LogP contribution in [0.5, 0.6) is 0 Å². The number of halogens is 1. The molecular weight excluding hydrogens is 273 g/mol. The van der Waals surface area contributed by atoms with Gasteiger partial charge >= 0.3 is 0 Å². The van der Waals surface area contributed by atoms with E-state index < -0.39 is 0 Å². The van der Waals surface area contributed by atoms with Gasteiger partial charge in [-0.05, 0) is 30.7 Å². The summed E-state index contributed by atoms with van der Waals surface area (Å²) in [6.45, 7) is 1.61. The summed E-state index contributed by atoms with van der Waals surface area (Å²) < 4.78 is 14.4. The van der Waals surface area contributed by atoms with Crippen LogP contribution in [-0.2, 0) is 11.3 Å². The Balaban J connectivity index is 2.04. The standard InChI is InChI=1S/C15H16FN3O2/c1-10(11-3-2-4-12(16)7-11)18-14(20)9-19-8-13(17)5-6-15(19)21/h2-8,10H,9,17H2,1H3,(H,18,20). The van der Waals surface area contributed by atoms with Crippen molar-refractivity contribution in [3.63, 3.8) is 0 Å². The molecular formula is C15H16FN3O2. The first-order valence-electron chi connectivity index (χ1n) is 6.46. The van der Waals surface area contributed by atoms with Crippen molar-refractivity contribution < 1.29 is 9.18 Å². The minimum atomic E-state index is -0.361. The summed E-state index contributed by atoms with van der Waals surface area (Å²) in [6, 6.07) is 8.42. The van der Waals surface area contributed by atoms with Crippen molar-refractivity contribution in [3.05, 3.63) is 64.3 Å². The Morgan fingerprint density at radius 1 is 1.38 bits per heavy atom. The van der Waals surface area contributed by atoms with E-state index in [1.165, 1.54) is 35.0 Å². The molecule has 5 nitrogen and oxygen atoms in total. The molecule has 1 heterocycles. The van der Waals surface area contributed by atoms with E-state index in [0.717, 1.165) is 0 Å². The van der Waals surface area contributed by atoms with Crippen LogP contribution in [0, 0.1) is 5.82 Å². The predicted molar refractivity (Wildman–Crippen MR) is 78.1 cm³/mol. The highest BCUT2D eigenvalue weighted by Gasteiger charge is 2.11. The number of anilines is 1. The lowest BCUT2D eigenvalue weighted by Gasteiger charge is -2.15. The van der Waals surface area contributed by atoms with Gasteiger partial charge in [-0.25, -0.2) is 4.39 Å². The highest BCUT2D eigenvalue weighted by Crippen LogP contribution is 2.13. The first kappa shape index (κ1) is 14.8. The summed E-state index contributed by atoms with van der Waals surface area (Å²) in [5.74, 6) is -0.708. The number of carbonyl (C=O) groups excluding carboxylic acids is 1. The SMILES string of the molecule is CC(NC(=O)Cn1cc(N)ccc1=O)c1cccc(F)c1. The second kappa shape index (κ2) is 6.21. The van der Waals surface area contributed by atoms with Gasteiger partial charge in [0.25, 0.3) is 5.56 Å². The number of pyridine rings is 1. The lowest BCUT2D eigenvalue weighted by molar-refractivity contribution is -0.122. The van der Waals surface area contributed by atoms with E-state index in [9.17, 15) is 14.0 Å². The van der Waals surface area contributed by atoms with Crippen molar-refractivity contribution in [2.45, 2.75) is 19.5 Å². The minimum Gasteiger partial charge on any atom is -0.398 e. The fourth-order valence-corrected chi connectivity index (χ4v) is 1.97. The van der Waals surface area contributed by atoms with Gasteiger partial charge in [0.2, 0.25) is 5.91 Å². The zero-order valence-electron chi connectivity index (χ0n) is 11.5. The average molecular weight is 289 g/mol. The van der Waals surface area contributed by atoms with Crippen LogP contribution in [0.25, 0.3) is 0 Å². The van der Waals surface area contributed by atoms with Gasteiger partial charge in [0, 0.05) is 18.0 Å². The van der Waals surface area contributed by atoms with Crippen LogP contribution in [0.3, 0.4) is 0 Å². The Bertz CT molecular complexity index is 712. The minimum absolute atomic E-state index is 0.135. The molecule has 0 fully saturated rings. The molecule has 1 aromatic carbocycles. The molecule has 0 saturated heterocycles. The molecule has 1 atom stereocenters. The van der Waals surface area contributed by atoms with Crippen LogP contribution in [0.4, 0.5) is 10.1 Å². The maximum Gasteiger partial charge on any atom is 0.251 e. The molecule has 6 heteroatoms. The first-order valence-corrected chi connectivity index (χ1v) is 6.46. The van der Waals surface area contributed by atoms with Crippen molar-refractivity contribution in [2.75, 3.05) is 5.73 Å². The molecule has 0 aliphatic carbocycles. The van der Waals surface area contributed by atoms with E-state index >= 15 is 0 Å². The summed E-state index contributed by atoms with van der Waals surface area (Å²) in [4.78, 5) is 23.5. The monoisotopic (exact) mass is 289 g/mol. The highest BCUT2D eigenvalue weighted by molar-refractivity contribution is 5.76. The summed E-state index contributed by atoms with van der Waals surface area (Å²) in [5.41, 5.74) is 6.33. The maximum absolute atomic E-state index is 13.1. The summed E-state index contributed by atoms with van der Waals surface area (Å²) in [7, 11) is 0. The number of rotatable bonds is 4. The Morgan fingerprint density at radius 3 is 2.86 bits per heavy atom. The molecule has 21 heavy (non-hydrogen) atoms. The number of amides is 1. The number of hydrogen-bond donors (Lipinski definition) is 2. The summed E-state index contributed by atoms with van der Waals surface area (Å²) in [5, 5.41) is 2.71. The number of hydrogen-bond acceptors (Lipinski definition) is 3. The normalized spacial score (nSPS) is 11.9. The zero-order valence-corrected chi connectivity index (χ0v) is 11.5. The number of nitrogens with two attached hydrogens (primary N) is 1. The Kier molecular flexibility index (Phi) is 4.37. The molecule has 0 bridgehead atoms. The van der Waals surface area contributed by atoms with Crippen molar-refractivity contribution in [1.29, 1.82) is 0 Å². The van der Waals surface area contributed by atoms with Crippen LogP contribution < -0.4 is 16.6 Å². The zero-order chi connectivity index (χ0) is 15.4. The summed E-state index contributed by atoms with van der Waals surface area (Å²) in [6.07, 6.45) is 1.41. The van der Waals surface area contributed by atoms with Gasteiger partial charge < -0.3 is 15.6 Å². The van der Waals surface area contributed by atoms with E-state index in [-0.39, 0.29) is 29.9 Å². The number of benzene rings is 1. The lowest BCUT2D eigenvalue weighted by atomic mass is 10.1. The molecule has 2 rings (SSSR count). The quantitative estimate of drug-likeness (QED) is 0.894. The fraction of sp³-hybridized carbons (Fsp3) is 0.200. The molecule has 1 unspecified atom stereocenters. The Hall–Kier alpha value is -2.63. The van der Waals surface area contributed by atoms with E-state index in [4.69, 9.17) is 5.73 Å². The van der Waals surface area contributed by atoms with Crippen LogP contribution >= 0.6 is 0 Å². The number of carbonyl (C=O) groups is 1. The van der Waals surface area contributed by atoms with E-state index in [2.05, 4.69) is 5.32 Å². The van der Waals surface area contributed by atoms with Gasteiger partial charge in [0.05, 0.1) is 6.04 Å². The topological polar surface area (TPSA) is 77.1 Å². The van der Waals surface area contributed by atoms with Crippen molar-refractivity contribution in [1.82, 2.24) is 9.88 Å². The van der Waals surface area contributed by atoms with Crippen molar-refractivity contribution >= 4 is 11.6 Å². The highest BCUT2D eigenvalue weighted by atomic mass is 19.1. The third kappa shape index (κ3) is 3.92. The van der Waals surface area contributed by atoms with Crippen molar-refractivity contribution in [2.24, 2.45) is 0 Å². The molecule has 110 valence electrons. The van der Waals surface area contributed by atoms with E-state index in [1.54, 1.807) is 19.1 Å². The van der Waals surface area contributed by atoms with Crippen molar-refractivity contribution in [3.8, 4) is 0 Å². The van der Waals surface area contributed by atoms with E-state index in [0.29, 0.717) is 11.3 Å². The van der Waals surface area contributed by atoms with E-state index in [1.807, 2.05) is 0 Å². The summed E-state index contributed by atoms with van der Waals surface area (Å²) >= 11 is 0. The molecule has 3 N–H and O–H groups in total. The van der Waals surface area contributed by atoms with Crippen LogP contribution in [0.15, 0.2) is 47.4 Å². The molecule has 0 aliphatic rings. The van der Waals surface area contributed by atoms with Gasteiger partial charge in [-0.1, -0.05) is 12.1 Å². The lowest BCUT2D eigenvalue weighted by Crippen LogP contribution is -2.33. The van der Waals surface area contributed by atoms with Crippen LogP contribution in [-0.4, -0.2) is 10.5 Å². The number of nitrogen functional groups attached to an aromatic ring is 1. The third-order valence-electron chi connectivity index (χ3n) is 3.05. The number of aromatic nitrogens is 1. The molecule has 2 aromatic rings. The predicted octanol–water partition coefficient (Wildman–Crippen LogP) is 1.45. The molecule has 0 aliphatic heterocycles. The average Bonchev–Trinajstić information content (AvgIpc) is 2.42. The largest absolute Gasteiger partial charge is 0.398 e. The number of nitrogens with one attached hydrogen (secondary N) is 1. The Morgan fingerprint density at radius 2 is 2.14 bits per heavy atom. The number of nitrogens with zero attached hydrogens (tertiary/aromatic N) is 1. The molecule has 1 amide bonds. The first-order chi connectivity index (χ1) is 9.95. The van der Waals surface area contributed by atoms with Gasteiger partial charge in [-0.15, -0.1) is 0 Å². The molecule has 0 saturated carbocycles. The van der Waals surface area contributed by atoms with Crippen LogP contribution in [0.1, 0.15) is 18.5 Å². The Labute approximate surface area is 121 Å². The second-order valence-corrected chi connectivity index (χ2v) is 4.77. The maximum atomic E-state index is 13.1. The molecule has 0 radical (unpaired) electrons. The van der Waals surface area contributed by atoms with Gasteiger partial charge in [-0.3, -0.25) is 9.59 Å². The molecule has 1 aromatic heterocycles. The third-order valence-corrected chi connectivity index (χ3v) is 3.05. The van der Waals surface area contributed by atoms with Gasteiger partial charge in [0.1, 0.15) is 12.4 Å². The van der Waals surface area contributed by atoms with Gasteiger partial charge in [0.15, 0.2) is 0 Å². The van der Waals surface area contributed by atoms with Gasteiger partial charge in [-0.2, -0.15) is 0 Å². The van der Waals surface area contributed by atoms with Crippen LogP contribution in [0.2, 0.25) is 0 Å². The smallest absolute Gasteiger partial charge is 0.251 e.